The van der Waals surface area contributed by atoms with Gasteiger partial charge in [0.1, 0.15) is 124 Å². The summed E-state index contributed by atoms with van der Waals surface area (Å²) in [7, 11) is 0. The summed E-state index contributed by atoms with van der Waals surface area (Å²) in [5.74, 6) is -3.65. The van der Waals surface area contributed by atoms with Crippen LogP contribution in [0.5, 0.6) is 0 Å². The van der Waals surface area contributed by atoms with Crippen molar-refractivity contribution < 1.29 is 124 Å². The molecule has 21 atom stereocenters. The monoisotopic (exact) mass is 1440 g/mol. The Labute approximate surface area is 572 Å². The van der Waals surface area contributed by atoms with E-state index in [9.17, 15) is 79.2 Å². The van der Waals surface area contributed by atoms with Gasteiger partial charge in [-0.1, -0.05) is 48.0 Å². The van der Waals surface area contributed by atoms with Crippen LogP contribution >= 0.6 is 0 Å². The molecule has 4 aromatic rings. The summed E-state index contributed by atoms with van der Waals surface area (Å²) in [6.45, 7) is 10.5. The van der Waals surface area contributed by atoms with Gasteiger partial charge in [-0.15, -0.1) is 0 Å². The number of aromatic nitrogens is 8. The van der Waals surface area contributed by atoms with Crippen LogP contribution in [-0.4, -0.2) is 248 Å². The van der Waals surface area contributed by atoms with Crippen LogP contribution in [0.2, 0.25) is 0 Å². The van der Waals surface area contributed by atoms with Crippen LogP contribution < -0.4 is 67.6 Å². The van der Waals surface area contributed by atoms with E-state index in [0.717, 1.165) is 36.9 Å². The Morgan fingerprint density at radius 3 is 0.950 bits per heavy atom. The highest BCUT2D eigenvalue weighted by Crippen LogP contribution is 2.33. The Kier molecular flexibility index (Phi) is 28.9. The van der Waals surface area contributed by atoms with Crippen molar-refractivity contribution in [1.82, 2.24) is 38.2 Å². The van der Waals surface area contributed by atoms with Crippen molar-refractivity contribution in [1.29, 1.82) is 0 Å². The minimum atomic E-state index is -2.40. The molecule has 4 aliphatic heterocycles. The molecule has 0 amide bonds. The van der Waals surface area contributed by atoms with E-state index in [1.807, 2.05) is 20.8 Å². The number of hydrogen-bond donors (Lipinski definition) is 20. The molecule has 560 valence electrons. The number of carbonyl (C=O) groups is 4. The molecular formula is C56H88N16O28. The highest BCUT2D eigenvalue weighted by atomic mass is 16.6. The molecule has 44 nitrogen and oxygen atoms in total. The highest BCUT2D eigenvalue weighted by molar-refractivity contribution is 5.76. The lowest BCUT2D eigenvalue weighted by Crippen LogP contribution is -2.41. The smallest absolute Gasteiger partial charge is 0.351 e. The number of rotatable bonds is 25. The fraction of sp³-hybridized carbons (Fsp3) is 0.643. The fourth-order valence-corrected chi connectivity index (χ4v) is 8.89. The summed E-state index contributed by atoms with van der Waals surface area (Å²) in [5.41, 5.74) is 25.1. The van der Waals surface area contributed by atoms with E-state index in [1.165, 1.54) is 19.1 Å². The molecule has 8 heterocycles. The van der Waals surface area contributed by atoms with E-state index in [-0.39, 0.29) is 41.0 Å². The van der Waals surface area contributed by atoms with Gasteiger partial charge in [-0.2, -0.15) is 19.9 Å². The number of aliphatic hydroxyl groups is 8. The zero-order valence-electron chi connectivity index (χ0n) is 58.6. The quantitative estimate of drug-likeness (QED) is 0.0167. The molecule has 0 saturated carbocycles. The molecule has 0 unspecified atom stereocenters. The van der Waals surface area contributed by atoms with Gasteiger partial charge in [0.15, 0.2) is 48.1 Å². The lowest BCUT2D eigenvalue weighted by Gasteiger charge is -2.19. The van der Waals surface area contributed by atoms with Gasteiger partial charge < -0.3 is 102 Å². The number of aliphatic hydroxyl groups excluding tert-OH is 8. The van der Waals surface area contributed by atoms with Crippen LogP contribution in [0, 0.1) is 17.8 Å². The number of nitrogens with two attached hydrogens (primary N) is 4. The van der Waals surface area contributed by atoms with Crippen LogP contribution in [0.3, 0.4) is 0 Å². The number of nitrogens with zero attached hydrogens (tertiary/aromatic N) is 8. The van der Waals surface area contributed by atoms with Crippen LogP contribution in [-0.2, 0) is 57.1 Å². The molecule has 8 rings (SSSR count). The van der Waals surface area contributed by atoms with Crippen molar-refractivity contribution in [2.75, 3.05) is 48.3 Å². The summed E-state index contributed by atoms with van der Waals surface area (Å²) in [4.78, 5) is 109. The number of esters is 4. The van der Waals surface area contributed by atoms with E-state index in [1.54, 1.807) is 42.7 Å². The number of hydrogen-bond acceptors (Lipinski definition) is 40. The second kappa shape index (κ2) is 38.0. The molecule has 4 saturated heterocycles. The summed E-state index contributed by atoms with van der Waals surface area (Å²) >= 11 is 0. The van der Waals surface area contributed by atoms with Gasteiger partial charge >= 0.3 is 46.6 Å². The predicted octanol–water partition coefficient (Wildman–Crippen LogP) is -7.10. The second-order valence-corrected chi connectivity index (χ2v) is 23.3. The first-order valence-electron chi connectivity index (χ1n) is 32.4. The molecular weight excluding hydrogens is 1340 g/mol. The minimum absolute atomic E-state index is 0.115. The van der Waals surface area contributed by atoms with Crippen molar-refractivity contribution in [3.63, 3.8) is 0 Å². The molecule has 0 aromatic carbocycles. The summed E-state index contributed by atoms with van der Waals surface area (Å²) in [6, 6.07) is 1.18. The molecule has 4 aliphatic rings. The summed E-state index contributed by atoms with van der Waals surface area (Å²) < 4.78 is 76.5. The molecule has 0 bridgehead atoms. The first-order valence-corrected chi connectivity index (χ1v) is 30.4. The maximum Gasteiger partial charge on any atom is 0.351 e. The zero-order chi connectivity index (χ0) is 78.4. The van der Waals surface area contributed by atoms with Crippen LogP contribution in [0.25, 0.3) is 0 Å². The second-order valence-electron chi connectivity index (χ2n) is 23.3. The standard InChI is InChI=1S/2C15H24N4O7.C14H22N4O7.C12H18N4O7/c1-7(2)5-8(16)14(22)25-6-9-11(20)12(21)13(26-9)19-4-3-10(18-24)17-15(19)23;1-3-7(2)10(16)14(22)25-6-8-11(20)12(21)13(26-8)19-5-4-9(18-24)17-15(19)23;1-6(2)9(15)13(21)24-5-7-10(19)11(20)12(25-7)18-4-3-8(17-23)16-14(18)22;1-5(13)11(19)22-4-6-8(17)9(18)10(23-6)16-3-2-7(15-21)14-12(16)20/h3-4,7-9,11-13,20-21,24H,5-6,16H2,1-2H3,(H,17,18,23);4-5,7-8,10-13,20-21,24H,3,6,16H2,1-2H3,(H,17,18,23);3-4,6-7,9-12,19-20,23H,5,15H2,1-2H3,(H,16,17,22);2-3,5-6,8-10,17-18,21H,4,13H2,1H3,(H,14,15,20)/t8-,9-,11-,12-,13-;7-,8-,10-,11-,12-,13-;7-,9-,10-,11-,12-;5-,6-,8-,9-,10-/m1111/s1/i2*13D;12D;10D. The Hall–Kier alpha value is -8.20. The Morgan fingerprint density at radius 1 is 0.460 bits per heavy atom. The third-order valence-electron chi connectivity index (χ3n) is 15.0. The van der Waals surface area contributed by atoms with Crippen molar-refractivity contribution in [3.8, 4) is 0 Å². The van der Waals surface area contributed by atoms with E-state index in [2.05, 4.69) is 19.9 Å². The van der Waals surface area contributed by atoms with Gasteiger partial charge in [0.25, 0.3) is 0 Å². The Balaban J connectivity index is 0.000000249. The lowest BCUT2D eigenvalue weighted by molar-refractivity contribution is -0.153. The third-order valence-corrected chi connectivity index (χ3v) is 15.0. The SMILES string of the molecule is [2H][C@@]1(n2ccc(NO)nc2=O)O[C@H](COC(=O)[C@@H](C)N)[C@@H](O)[C@H]1O.[2H][C@@]1(n2ccc(NO)nc2=O)O[C@H](COC(=O)[C@H](N)C(C)C)[C@@H](O)[C@H]1O.[2H][C@@]1(n2ccc(NO)nc2=O)O[C@H](COC(=O)[C@H](N)CC(C)C)[C@@H](O)[C@H]1O.[2H][C@@]1(n2ccc(NO)nc2=O)O[C@H](COC(=O)[C@H](N)[C@H](C)CC)[C@@H](O)[C@H]1O. The van der Waals surface area contributed by atoms with E-state index in [0.29, 0.717) is 31.1 Å². The largest absolute Gasteiger partial charge is 0.462 e. The van der Waals surface area contributed by atoms with E-state index < -0.39 is 195 Å². The Morgan fingerprint density at radius 2 is 0.720 bits per heavy atom. The molecule has 100 heavy (non-hydrogen) atoms. The lowest BCUT2D eigenvalue weighted by atomic mass is 10.0. The average Bonchev–Trinajstić information content (AvgIpc) is 1.65. The molecule has 0 radical (unpaired) electrons. The first kappa shape index (κ1) is 76.0. The van der Waals surface area contributed by atoms with Crippen molar-refractivity contribution in [2.24, 2.45) is 40.7 Å². The molecule has 0 aliphatic carbocycles. The molecule has 4 fully saturated rings. The van der Waals surface area contributed by atoms with Crippen molar-refractivity contribution >= 4 is 47.1 Å². The van der Waals surface area contributed by atoms with E-state index in [4.69, 9.17) is 87.1 Å². The maximum atomic E-state index is 12.0. The maximum absolute atomic E-state index is 12.0. The number of carbonyl (C=O) groups excluding carboxylic acids is 4. The molecule has 0 spiro atoms. The van der Waals surface area contributed by atoms with Gasteiger partial charge in [0.2, 0.25) is 0 Å². The topological polar surface area (TPSA) is 677 Å². The normalized spacial score (nSPS) is 31.1. The van der Waals surface area contributed by atoms with Gasteiger partial charge in [-0.3, -0.25) is 80.2 Å². The van der Waals surface area contributed by atoms with Crippen molar-refractivity contribution in [2.45, 2.75) is 184 Å². The third kappa shape index (κ3) is 21.4. The van der Waals surface area contributed by atoms with Crippen LogP contribution in [0.15, 0.2) is 68.2 Å². The van der Waals surface area contributed by atoms with E-state index >= 15 is 0 Å². The van der Waals surface area contributed by atoms with Gasteiger partial charge in [-0.05, 0) is 55.4 Å². The molecule has 44 heteroatoms. The molecule has 24 N–H and O–H groups in total. The molecule has 4 aromatic heterocycles. The zero-order valence-corrected chi connectivity index (χ0v) is 54.6. The summed E-state index contributed by atoms with van der Waals surface area (Å²) in [5, 5.41) is 116. The minimum Gasteiger partial charge on any atom is -0.462 e. The number of anilines is 4. The van der Waals surface area contributed by atoms with Gasteiger partial charge in [-0.25, -0.2) is 19.2 Å². The van der Waals surface area contributed by atoms with Gasteiger partial charge in [0.05, 0.1) is 5.48 Å². The Bertz CT molecular complexity index is 3800. The number of ether oxygens (including phenoxy) is 8. The van der Waals surface area contributed by atoms with Crippen molar-refractivity contribution in [3.05, 3.63) is 91.0 Å². The average molecular weight is 1440 g/mol. The fourth-order valence-electron chi connectivity index (χ4n) is 8.89. The van der Waals surface area contributed by atoms with Crippen LogP contribution in [0.4, 0.5) is 23.3 Å². The highest BCUT2D eigenvalue weighted by Gasteiger charge is 2.49. The van der Waals surface area contributed by atoms with Gasteiger partial charge in [0, 0.05) is 24.8 Å². The summed E-state index contributed by atoms with van der Waals surface area (Å²) in [6.07, 6.45) is -23.0. The number of nitrogens with one attached hydrogen (secondary N) is 4. The van der Waals surface area contributed by atoms with Crippen LogP contribution in [0.1, 0.15) is 91.6 Å². The predicted molar refractivity (Wildman–Crippen MR) is 334 cm³/mol. The first-order chi connectivity index (χ1) is 48.6.